The van der Waals surface area contributed by atoms with Gasteiger partial charge in [-0.1, -0.05) is 0 Å². The van der Waals surface area contributed by atoms with Gasteiger partial charge in [-0.2, -0.15) is 4.62 Å². The van der Waals surface area contributed by atoms with Crippen molar-refractivity contribution in [3.05, 3.63) is 0 Å². The molecule has 1 aliphatic heterocycles. The van der Waals surface area contributed by atoms with E-state index in [1.807, 2.05) is 0 Å². The summed E-state index contributed by atoms with van der Waals surface area (Å²) in [6, 6.07) is 0. The Balaban J connectivity index is 2.53. The highest BCUT2D eigenvalue weighted by Crippen LogP contribution is 2.56. The molecular formula is CH2NO4PS. The van der Waals surface area contributed by atoms with Crippen LogP contribution in [0.1, 0.15) is 0 Å². The Morgan fingerprint density at radius 3 is 2.38 bits per heavy atom. The summed E-state index contributed by atoms with van der Waals surface area (Å²) in [5, 5.41) is -0.196. The van der Waals surface area contributed by atoms with Gasteiger partial charge in [0.2, 0.25) is 0 Å². The first kappa shape index (κ1) is 5.97. The molecule has 0 aromatic heterocycles. The molecule has 0 aliphatic carbocycles. The maximum absolute atomic E-state index is 10.4. The third-order valence-electron chi connectivity index (χ3n) is 0.502. The Morgan fingerprint density at radius 1 is 1.75 bits per heavy atom. The van der Waals surface area contributed by atoms with Crippen molar-refractivity contribution in [3.63, 3.8) is 0 Å². The summed E-state index contributed by atoms with van der Waals surface area (Å²) in [6.45, 7) is 0. The van der Waals surface area contributed by atoms with Crippen molar-refractivity contribution in [2.45, 2.75) is 0 Å². The molecule has 1 saturated heterocycles. The highest BCUT2D eigenvalue weighted by atomic mass is 32.1. The van der Waals surface area contributed by atoms with E-state index in [0.717, 1.165) is 0 Å². The van der Waals surface area contributed by atoms with Gasteiger partial charge in [0, 0.05) is 12.2 Å². The lowest BCUT2D eigenvalue weighted by Gasteiger charge is -2.22. The van der Waals surface area contributed by atoms with Gasteiger partial charge in [-0.25, -0.2) is 10.5 Å². The lowest BCUT2D eigenvalue weighted by Crippen LogP contribution is -2.20. The Bertz CT molecular complexity index is 155. The second kappa shape index (κ2) is 1.66. The van der Waals surface area contributed by atoms with Crippen LogP contribution in [0.2, 0.25) is 0 Å². The minimum atomic E-state index is -3.39. The highest BCUT2D eigenvalue weighted by molar-refractivity contribution is 7.81. The van der Waals surface area contributed by atoms with Crippen molar-refractivity contribution in [1.29, 1.82) is 0 Å². The monoisotopic (exact) mass is 155 g/mol. The third kappa shape index (κ3) is 0.830. The lowest BCUT2D eigenvalue weighted by molar-refractivity contribution is 0.140. The van der Waals surface area contributed by atoms with Crippen LogP contribution in [0.25, 0.3) is 0 Å². The number of thiocarbonyl (C=S) groups is 1. The molecule has 46 valence electrons. The summed E-state index contributed by atoms with van der Waals surface area (Å²) < 4.78 is 22.5. The largest absolute Gasteiger partial charge is 0.610 e. The first-order valence-electron chi connectivity index (χ1n) is 1.58. The molecule has 0 spiro atoms. The van der Waals surface area contributed by atoms with E-state index < -0.39 is 7.82 Å². The third-order valence-corrected chi connectivity index (χ3v) is 1.95. The van der Waals surface area contributed by atoms with Crippen LogP contribution in [-0.2, 0) is 18.2 Å². The maximum Gasteiger partial charge on any atom is 0.610 e. The zero-order valence-corrected chi connectivity index (χ0v) is 5.28. The topological polar surface area (TPSA) is 70.8 Å². The molecule has 5 nitrogen and oxygen atoms in total. The van der Waals surface area contributed by atoms with E-state index in [0.29, 0.717) is 0 Å². The molecule has 1 heterocycles. The van der Waals surface area contributed by atoms with E-state index in [-0.39, 0.29) is 5.24 Å². The Hall–Kier alpha value is -0.160. The Kier molecular flexibility index (Phi) is 1.24. The van der Waals surface area contributed by atoms with Crippen LogP contribution in [0.15, 0.2) is 0 Å². The average molecular weight is 155 g/mol. The molecule has 8 heavy (non-hydrogen) atoms. The fourth-order valence-corrected chi connectivity index (χ4v) is 1.25. The zero-order chi connectivity index (χ0) is 6.20. The minimum absolute atomic E-state index is 0.196. The van der Waals surface area contributed by atoms with Gasteiger partial charge in [0.15, 0.2) is 0 Å². The standard InChI is InChI=1S/CH2NO4PS/c2-6-7(3)4-1(8)5-7/h2H2. The molecule has 0 unspecified atom stereocenters. The molecule has 2 N–H and O–H groups in total. The van der Waals surface area contributed by atoms with Gasteiger partial charge in [0.25, 0.3) is 0 Å². The van der Waals surface area contributed by atoms with Crippen molar-refractivity contribution < 1.29 is 18.2 Å². The van der Waals surface area contributed by atoms with E-state index >= 15 is 0 Å². The van der Waals surface area contributed by atoms with Gasteiger partial charge in [0.05, 0.1) is 0 Å². The van der Waals surface area contributed by atoms with Crippen LogP contribution in [0, 0.1) is 0 Å². The summed E-state index contributed by atoms with van der Waals surface area (Å²) in [6.07, 6.45) is 0. The first-order chi connectivity index (χ1) is 3.66. The van der Waals surface area contributed by atoms with Crippen molar-refractivity contribution in [3.8, 4) is 0 Å². The van der Waals surface area contributed by atoms with Crippen molar-refractivity contribution in [1.82, 2.24) is 0 Å². The minimum Gasteiger partial charge on any atom is -0.350 e. The summed E-state index contributed by atoms with van der Waals surface area (Å²) in [5.74, 6) is 4.46. The number of rotatable bonds is 1. The molecule has 7 heteroatoms. The first-order valence-corrected chi connectivity index (χ1v) is 3.45. The van der Waals surface area contributed by atoms with Crippen LogP contribution >= 0.6 is 20.0 Å². The molecule has 0 aromatic rings. The van der Waals surface area contributed by atoms with Crippen molar-refractivity contribution >= 4 is 25.3 Å². The summed E-state index contributed by atoms with van der Waals surface area (Å²) in [5.41, 5.74) is 0. The predicted molar refractivity (Wildman–Crippen MR) is 27.6 cm³/mol. The fraction of sp³-hybridized carbons (Fsp3) is 0. The number of hydrogen-bond donors (Lipinski definition) is 1. The summed E-state index contributed by atoms with van der Waals surface area (Å²) in [4.78, 5) is 0. The normalized spacial score (nSPS) is 22.9. The fourth-order valence-electron chi connectivity index (χ4n) is 0.232. The van der Waals surface area contributed by atoms with Gasteiger partial charge in [-0.15, -0.1) is 0 Å². The smallest absolute Gasteiger partial charge is 0.350 e. The molecule has 0 saturated carbocycles. The molecule has 0 atom stereocenters. The van der Waals surface area contributed by atoms with Crippen molar-refractivity contribution in [2.75, 3.05) is 0 Å². The quantitative estimate of drug-likeness (QED) is 0.334. The number of phosphoric ester groups is 1. The maximum atomic E-state index is 10.4. The van der Waals surface area contributed by atoms with E-state index in [4.69, 9.17) is 0 Å². The lowest BCUT2D eigenvalue weighted by atomic mass is 11.5. The summed E-state index contributed by atoms with van der Waals surface area (Å²) >= 11 is 4.25. The van der Waals surface area contributed by atoms with Gasteiger partial charge < -0.3 is 9.05 Å². The number of hydrogen-bond acceptors (Lipinski definition) is 6. The van der Waals surface area contributed by atoms with Crippen LogP contribution in [0.4, 0.5) is 0 Å². The second-order valence-corrected chi connectivity index (χ2v) is 2.79. The van der Waals surface area contributed by atoms with Gasteiger partial charge >= 0.3 is 13.1 Å². The molecule has 0 aromatic carbocycles. The van der Waals surface area contributed by atoms with E-state index in [1.54, 1.807) is 0 Å². The molecule has 1 aliphatic rings. The Labute approximate surface area is 50.3 Å². The Morgan fingerprint density at radius 2 is 2.25 bits per heavy atom. The van der Waals surface area contributed by atoms with E-state index in [1.165, 1.54) is 0 Å². The SMILES string of the molecule is NOP1(=O)OC(=S)O1. The molecule has 0 bridgehead atoms. The van der Waals surface area contributed by atoms with Crippen LogP contribution in [0.3, 0.4) is 0 Å². The van der Waals surface area contributed by atoms with Gasteiger partial charge in [-0.3, -0.25) is 0 Å². The highest BCUT2D eigenvalue weighted by Gasteiger charge is 2.43. The molecule has 0 radical (unpaired) electrons. The molecule has 0 amide bonds. The second-order valence-electron chi connectivity index (χ2n) is 0.985. The molecule has 1 fully saturated rings. The van der Waals surface area contributed by atoms with Crippen molar-refractivity contribution in [2.24, 2.45) is 5.90 Å². The zero-order valence-electron chi connectivity index (χ0n) is 3.57. The van der Waals surface area contributed by atoms with E-state index in [2.05, 4.69) is 31.8 Å². The molecular weight excluding hydrogens is 153 g/mol. The molecule has 1 rings (SSSR count). The number of phosphoric acid groups is 1. The van der Waals surface area contributed by atoms with Crippen LogP contribution in [-0.4, -0.2) is 5.24 Å². The average Bonchev–Trinajstić information content (AvgIpc) is 1.63. The van der Waals surface area contributed by atoms with Gasteiger partial charge in [-0.05, 0) is 0 Å². The predicted octanol–water partition coefficient (Wildman–Crippen LogP) is 0.317. The van der Waals surface area contributed by atoms with E-state index in [9.17, 15) is 4.57 Å². The van der Waals surface area contributed by atoms with Crippen LogP contribution < -0.4 is 5.90 Å². The summed E-state index contributed by atoms with van der Waals surface area (Å²) in [7, 11) is -3.39. The number of nitrogens with two attached hydrogens (primary N) is 1. The van der Waals surface area contributed by atoms with Crippen LogP contribution in [0.5, 0.6) is 0 Å². The van der Waals surface area contributed by atoms with Gasteiger partial charge in [0.1, 0.15) is 0 Å².